The summed E-state index contributed by atoms with van der Waals surface area (Å²) in [5.41, 5.74) is 1.49. The Morgan fingerprint density at radius 1 is 1.24 bits per heavy atom. The number of sulfonamides is 1. The Morgan fingerprint density at radius 2 is 2.05 bits per heavy atom. The molecule has 21 heavy (non-hydrogen) atoms. The molecule has 0 fully saturated rings. The minimum atomic E-state index is -3.44. The molecule has 3 aromatic rings. The molecular weight excluding hydrogens is 308 g/mol. The second-order valence-electron chi connectivity index (χ2n) is 4.59. The van der Waals surface area contributed by atoms with E-state index in [0.29, 0.717) is 22.1 Å². The van der Waals surface area contributed by atoms with Crippen LogP contribution in [0.25, 0.3) is 11.1 Å². The van der Waals surface area contributed by atoms with Crippen LogP contribution in [0.3, 0.4) is 0 Å². The number of nitrogens with one attached hydrogen (secondary N) is 1. The molecule has 0 bridgehead atoms. The van der Waals surface area contributed by atoms with E-state index < -0.39 is 10.0 Å². The van der Waals surface area contributed by atoms with Crippen LogP contribution in [-0.2, 0) is 16.4 Å². The first kappa shape index (κ1) is 14.2. The van der Waals surface area contributed by atoms with Crippen molar-refractivity contribution in [2.24, 2.45) is 0 Å². The second-order valence-corrected chi connectivity index (χ2v) is 7.87. The maximum Gasteiger partial charge on any atom is 0.250 e. The van der Waals surface area contributed by atoms with Crippen molar-refractivity contribution in [3.05, 3.63) is 47.2 Å². The van der Waals surface area contributed by atoms with Gasteiger partial charge >= 0.3 is 0 Å². The summed E-state index contributed by atoms with van der Waals surface area (Å²) in [4.78, 5) is 5.28. The third-order valence-corrected chi connectivity index (χ3v) is 5.90. The molecule has 0 unspecified atom stereocenters. The number of benzene rings is 1. The predicted octanol–water partition coefficient (Wildman–Crippen LogP) is 2.72. The quantitative estimate of drug-likeness (QED) is 0.784. The van der Waals surface area contributed by atoms with E-state index >= 15 is 0 Å². The van der Waals surface area contributed by atoms with Gasteiger partial charge in [0.1, 0.15) is 9.73 Å². The highest BCUT2D eigenvalue weighted by molar-refractivity contribution is 7.91. The Balaban J connectivity index is 1.65. The van der Waals surface area contributed by atoms with Crippen molar-refractivity contribution in [1.29, 1.82) is 0 Å². The third-order valence-electron chi connectivity index (χ3n) is 2.95. The van der Waals surface area contributed by atoms with Crippen molar-refractivity contribution in [3.63, 3.8) is 0 Å². The van der Waals surface area contributed by atoms with Gasteiger partial charge in [-0.2, -0.15) is 0 Å². The lowest BCUT2D eigenvalue weighted by Crippen LogP contribution is -2.25. The lowest BCUT2D eigenvalue weighted by molar-refractivity contribution is 0.523. The largest absolute Gasteiger partial charge is 0.441 e. The summed E-state index contributed by atoms with van der Waals surface area (Å²) in [7, 11) is -3.44. The summed E-state index contributed by atoms with van der Waals surface area (Å²) in [5, 5.41) is 0. The van der Waals surface area contributed by atoms with Crippen LogP contribution in [0.1, 0.15) is 10.8 Å². The first-order chi connectivity index (χ1) is 10.0. The van der Waals surface area contributed by atoms with E-state index in [1.54, 1.807) is 12.1 Å². The van der Waals surface area contributed by atoms with E-state index in [4.69, 9.17) is 4.42 Å². The minimum absolute atomic E-state index is 0.256. The highest BCUT2D eigenvalue weighted by atomic mass is 32.2. The van der Waals surface area contributed by atoms with E-state index in [0.717, 1.165) is 10.4 Å². The Morgan fingerprint density at radius 3 is 2.76 bits per heavy atom. The maximum absolute atomic E-state index is 12.1. The maximum atomic E-state index is 12.1. The monoisotopic (exact) mass is 322 g/mol. The number of aryl methyl sites for hydroxylation is 1. The van der Waals surface area contributed by atoms with Gasteiger partial charge in [-0.05, 0) is 31.2 Å². The Labute approximate surface area is 126 Å². The molecule has 0 amide bonds. The molecule has 0 spiro atoms. The van der Waals surface area contributed by atoms with Gasteiger partial charge in [-0.3, -0.25) is 0 Å². The van der Waals surface area contributed by atoms with Gasteiger partial charge in [0, 0.05) is 17.8 Å². The zero-order valence-corrected chi connectivity index (χ0v) is 13.0. The van der Waals surface area contributed by atoms with Gasteiger partial charge in [-0.1, -0.05) is 12.1 Å². The van der Waals surface area contributed by atoms with Crippen molar-refractivity contribution in [3.8, 4) is 0 Å². The Bertz CT molecular complexity index is 832. The summed E-state index contributed by atoms with van der Waals surface area (Å²) in [6.45, 7) is 2.13. The number of thiophene rings is 1. The molecular formula is C14H14N2O3S2. The molecule has 5 nitrogen and oxygen atoms in total. The van der Waals surface area contributed by atoms with Crippen LogP contribution >= 0.6 is 11.3 Å². The third kappa shape index (κ3) is 3.15. The lowest BCUT2D eigenvalue weighted by atomic mass is 10.3. The molecule has 2 aromatic heterocycles. The molecule has 0 saturated heterocycles. The van der Waals surface area contributed by atoms with E-state index in [1.165, 1.54) is 11.3 Å². The molecule has 2 heterocycles. The first-order valence-corrected chi connectivity index (χ1v) is 8.75. The highest BCUT2D eigenvalue weighted by Gasteiger charge is 2.16. The lowest BCUT2D eigenvalue weighted by Gasteiger charge is -2.02. The van der Waals surface area contributed by atoms with Crippen molar-refractivity contribution < 1.29 is 12.8 Å². The van der Waals surface area contributed by atoms with E-state index in [2.05, 4.69) is 9.71 Å². The van der Waals surface area contributed by atoms with Crippen LogP contribution in [0.5, 0.6) is 0 Å². The number of aromatic nitrogens is 1. The van der Waals surface area contributed by atoms with Crippen LogP contribution in [-0.4, -0.2) is 19.9 Å². The van der Waals surface area contributed by atoms with Gasteiger partial charge in [0.2, 0.25) is 10.0 Å². The van der Waals surface area contributed by atoms with E-state index in [9.17, 15) is 8.42 Å². The van der Waals surface area contributed by atoms with Gasteiger partial charge in [0.25, 0.3) is 0 Å². The van der Waals surface area contributed by atoms with Crippen LogP contribution < -0.4 is 4.72 Å². The van der Waals surface area contributed by atoms with E-state index in [1.807, 2.05) is 31.2 Å². The smallest absolute Gasteiger partial charge is 0.250 e. The number of nitrogens with zero attached hydrogens (tertiary/aromatic N) is 1. The number of hydrogen-bond donors (Lipinski definition) is 1. The molecule has 0 aliphatic heterocycles. The fourth-order valence-electron chi connectivity index (χ4n) is 1.95. The van der Waals surface area contributed by atoms with Crippen LogP contribution in [0.4, 0.5) is 0 Å². The summed E-state index contributed by atoms with van der Waals surface area (Å²) < 4.78 is 32.6. The number of para-hydroxylation sites is 2. The van der Waals surface area contributed by atoms with Crippen LogP contribution in [0.2, 0.25) is 0 Å². The van der Waals surface area contributed by atoms with Crippen molar-refractivity contribution in [2.45, 2.75) is 17.6 Å². The number of fused-ring (bicyclic) bond motifs is 1. The zero-order valence-electron chi connectivity index (χ0n) is 11.4. The summed E-state index contributed by atoms with van der Waals surface area (Å²) in [5.74, 6) is 0.529. The average Bonchev–Trinajstić information content (AvgIpc) is 3.04. The molecule has 0 aliphatic rings. The molecule has 110 valence electrons. The molecule has 0 atom stereocenters. The molecule has 0 radical (unpaired) electrons. The SMILES string of the molecule is Cc1ccc(S(=O)(=O)NCCc2nc3ccccc3o2)s1. The molecule has 1 N–H and O–H groups in total. The van der Waals surface area contributed by atoms with Crippen LogP contribution in [0, 0.1) is 6.92 Å². The van der Waals surface area contributed by atoms with E-state index in [-0.39, 0.29) is 6.54 Å². The topological polar surface area (TPSA) is 72.2 Å². The van der Waals surface area contributed by atoms with Gasteiger partial charge in [0.05, 0.1) is 0 Å². The number of oxazole rings is 1. The van der Waals surface area contributed by atoms with Gasteiger partial charge in [-0.25, -0.2) is 18.1 Å². The van der Waals surface area contributed by atoms with Crippen molar-refractivity contribution in [2.75, 3.05) is 6.54 Å². The van der Waals surface area contributed by atoms with Gasteiger partial charge in [-0.15, -0.1) is 11.3 Å². The Hall–Kier alpha value is -1.70. The molecule has 7 heteroatoms. The van der Waals surface area contributed by atoms with Gasteiger partial charge in [0.15, 0.2) is 11.5 Å². The minimum Gasteiger partial charge on any atom is -0.441 e. The highest BCUT2D eigenvalue weighted by Crippen LogP contribution is 2.20. The summed E-state index contributed by atoms with van der Waals surface area (Å²) >= 11 is 1.26. The first-order valence-electron chi connectivity index (χ1n) is 6.45. The standard InChI is InChI=1S/C14H14N2O3S2/c1-10-6-7-14(20-10)21(17,18)15-9-8-13-16-11-4-2-3-5-12(11)19-13/h2-7,15H,8-9H2,1H3. The molecule has 3 rings (SSSR count). The summed E-state index contributed by atoms with van der Waals surface area (Å²) in [6, 6.07) is 10.9. The van der Waals surface area contributed by atoms with Crippen molar-refractivity contribution >= 4 is 32.5 Å². The molecule has 0 aliphatic carbocycles. The Kier molecular flexibility index (Phi) is 3.79. The fraction of sp³-hybridized carbons (Fsp3) is 0.214. The number of rotatable bonds is 5. The predicted molar refractivity (Wildman–Crippen MR) is 82.0 cm³/mol. The van der Waals surface area contributed by atoms with Crippen LogP contribution in [0.15, 0.2) is 45.0 Å². The van der Waals surface area contributed by atoms with Gasteiger partial charge < -0.3 is 4.42 Å². The zero-order chi connectivity index (χ0) is 14.9. The average molecular weight is 322 g/mol. The normalized spacial score (nSPS) is 12.0. The number of hydrogen-bond acceptors (Lipinski definition) is 5. The van der Waals surface area contributed by atoms with Crippen molar-refractivity contribution in [1.82, 2.24) is 9.71 Å². The fourth-order valence-corrected chi connectivity index (χ4v) is 4.31. The molecule has 0 saturated carbocycles. The molecule has 1 aromatic carbocycles. The second kappa shape index (κ2) is 5.59. The summed E-state index contributed by atoms with van der Waals surface area (Å²) in [6.07, 6.45) is 0.415.